The van der Waals surface area contributed by atoms with Crippen molar-refractivity contribution in [2.24, 2.45) is 0 Å². The molecule has 0 aromatic carbocycles. The summed E-state index contributed by atoms with van der Waals surface area (Å²) in [6.07, 6.45) is 0. The number of hydrogen-bond donors (Lipinski definition) is 0. The standard InChI is InChI=1S/C2H6B22O/c1-2-25-24-23-22-21-20-19-18-17-16-15-14-13-12-11-10-9-8-7-6-5-4-3/h3H,2H2,1H3. The molecule has 0 spiro atoms. The Balaban J connectivity index is 3.88. The Morgan fingerprint density at radius 2 is 0.760 bits per heavy atom. The molecular formula is C2H6B22O. The molecule has 23 heteroatoms. The minimum atomic E-state index is 0.696. The second-order valence-electron chi connectivity index (χ2n) is 4.48. The van der Waals surface area contributed by atoms with Gasteiger partial charge >= 0.3 is 166 Å². The van der Waals surface area contributed by atoms with Gasteiger partial charge in [-0.05, 0) is 0 Å². The van der Waals surface area contributed by atoms with Crippen molar-refractivity contribution in [3.8, 4) is 0 Å². The van der Waals surface area contributed by atoms with Crippen molar-refractivity contribution in [3.63, 3.8) is 0 Å². The summed E-state index contributed by atoms with van der Waals surface area (Å²) in [5.41, 5.74) is 0. The quantitative estimate of drug-likeness (QED) is 0.324. The topological polar surface area (TPSA) is 9.23 Å². The molecule has 0 atom stereocenters. The first-order valence-electron chi connectivity index (χ1n) is 8.31. The normalized spacial score (nSPS) is 7.52. The molecule has 0 saturated heterocycles. The average molecular weight is 284 g/mol. The predicted molar refractivity (Wildman–Crippen MR) is 140 cm³/mol. The summed E-state index contributed by atoms with van der Waals surface area (Å²) in [4.78, 5) is 0. The third-order valence-corrected chi connectivity index (χ3v) is 2.48. The number of rotatable bonds is 12. The SMILES string of the molecule is B=BB=BB=BB=BB=BB=BB=BB=BB=BB=BB=BOCC. The van der Waals surface area contributed by atoms with Gasteiger partial charge in [-0.2, -0.15) is 0 Å². The van der Waals surface area contributed by atoms with E-state index >= 15 is 0 Å². The summed E-state index contributed by atoms with van der Waals surface area (Å²) in [6, 6.07) is 0. The van der Waals surface area contributed by atoms with Gasteiger partial charge in [0.15, 0.2) is 0 Å². The molecule has 0 aliphatic carbocycles. The monoisotopic (exact) mass is 288 g/mol. The van der Waals surface area contributed by atoms with Crippen LogP contribution in [0.25, 0.3) is 0 Å². The van der Waals surface area contributed by atoms with Crippen LogP contribution >= 0.6 is 0 Å². The fourth-order valence-corrected chi connectivity index (χ4v) is 1.37. The molecule has 0 unspecified atom stereocenters. The molecule has 0 radical (unpaired) electrons. The van der Waals surface area contributed by atoms with Gasteiger partial charge in [-0.15, -0.1) is 0 Å². The zero-order valence-corrected chi connectivity index (χ0v) is 14.9. The molecule has 0 rings (SSSR count). The van der Waals surface area contributed by atoms with Gasteiger partial charge in [0.1, 0.15) is 0 Å². The Morgan fingerprint density at radius 3 is 1.04 bits per heavy atom. The van der Waals surface area contributed by atoms with E-state index in [-0.39, 0.29) is 0 Å². The third-order valence-electron chi connectivity index (χ3n) is 2.48. The van der Waals surface area contributed by atoms with Crippen molar-refractivity contribution in [3.05, 3.63) is 0 Å². The Morgan fingerprint density at radius 1 is 0.480 bits per heavy atom. The van der Waals surface area contributed by atoms with Crippen LogP contribution in [-0.2, 0) is 4.65 Å². The van der Waals surface area contributed by atoms with Crippen molar-refractivity contribution in [1.82, 2.24) is 0 Å². The van der Waals surface area contributed by atoms with Crippen molar-refractivity contribution in [2.45, 2.75) is 6.92 Å². The Bertz CT molecular complexity index is 610. The molecule has 25 heavy (non-hydrogen) atoms. The molecular weight excluding hydrogens is 278 g/mol. The van der Waals surface area contributed by atoms with Gasteiger partial charge in [-0.1, -0.05) is 0 Å². The predicted octanol–water partition coefficient (Wildman–Crippen LogP) is -8.16. The van der Waals surface area contributed by atoms with Gasteiger partial charge in [0.2, 0.25) is 0 Å². The van der Waals surface area contributed by atoms with Crippen LogP contribution in [0.4, 0.5) is 0 Å². The summed E-state index contributed by atoms with van der Waals surface area (Å²) in [5, 5.41) is 0. The second-order valence-corrected chi connectivity index (χ2v) is 4.48. The van der Waals surface area contributed by atoms with Gasteiger partial charge in [-0.3, -0.25) is 0 Å². The molecule has 0 fully saturated rings. The van der Waals surface area contributed by atoms with Gasteiger partial charge < -0.3 is 0 Å². The van der Waals surface area contributed by atoms with E-state index in [1.54, 1.807) is 13.7 Å². The molecule has 0 aliphatic heterocycles. The fourth-order valence-electron chi connectivity index (χ4n) is 1.37. The first-order valence-corrected chi connectivity index (χ1v) is 8.31. The average Bonchev–Trinajstić information content (AvgIpc) is 2.63. The van der Waals surface area contributed by atoms with Gasteiger partial charge in [0, 0.05) is 0 Å². The van der Waals surface area contributed by atoms with Crippen molar-refractivity contribution in [1.29, 1.82) is 0 Å². The van der Waals surface area contributed by atoms with Crippen LogP contribution < -0.4 is 0 Å². The van der Waals surface area contributed by atoms with Gasteiger partial charge in [-0.25, -0.2) is 0 Å². The van der Waals surface area contributed by atoms with Gasteiger partial charge in [0.05, 0.1) is 0 Å². The molecule has 0 aromatic rings. The van der Waals surface area contributed by atoms with Gasteiger partial charge in [0.25, 0.3) is 0 Å². The zero-order chi connectivity index (χ0) is 18.3. The van der Waals surface area contributed by atoms with Crippen LogP contribution in [0.15, 0.2) is 0 Å². The molecule has 0 saturated carbocycles. The van der Waals surface area contributed by atoms with Crippen LogP contribution in [0.2, 0.25) is 0 Å². The molecule has 86 valence electrons. The van der Waals surface area contributed by atoms with E-state index in [9.17, 15) is 0 Å². The first-order chi connectivity index (χ1) is 12.4. The Labute approximate surface area is 166 Å². The van der Waals surface area contributed by atoms with E-state index < -0.39 is 0 Å². The molecule has 0 aromatic heterocycles. The Kier molecular flexibility index (Phi) is 26.5. The molecule has 0 bridgehead atoms. The summed E-state index contributed by atoms with van der Waals surface area (Å²) < 4.78 is 5.07. The van der Waals surface area contributed by atoms with Crippen molar-refractivity contribution < 1.29 is 4.65 Å². The maximum atomic E-state index is 5.07. The van der Waals surface area contributed by atoms with E-state index in [0.717, 1.165) is 0 Å². The van der Waals surface area contributed by atoms with Crippen LogP contribution in [-0.4, -0.2) is 155 Å². The molecule has 0 N–H and O–H groups in total. The molecule has 1 nitrogen and oxygen atoms in total. The summed E-state index contributed by atoms with van der Waals surface area (Å²) >= 11 is 0. The fraction of sp³-hybridized carbons (Fsp3) is 1.00. The molecule has 0 heterocycles. The van der Waals surface area contributed by atoms with E-state index in [0.29, 0.717) is 6.61 Å². The zero-order valence-electron chi connectivity index (χ0n) is 14.9. The van der Waals surface area contributed by atoms with Crippen molar-refractivity contribution in [2.75, 3.05) is 6.61 Å². The van der Waals surface area contributed by atoms with Crippen LogP contribution in [0, 0.1) is 0 Å². The first kappa shape index (κ1) is 26.2. The van der Waals surface area contributed by atoms with E-state index in [1.165, 1.54) is 0 Å². The summed E-state index contributed by atoms with van der Waals surface area (Å²) in [6.45, 7) is 41.6. The van der Waals surface area contributed by atoms with E-state index in [1.807, 2.05) is 134 Å². The van der Waals surface area contributed by atoms with Crippen LogP contribution in [0.1, 0.15) is 6.92 Å². The van der Waals surface area contributed by atoms with E-state index in [2.05, 4.69) is 7.37 Å². The van der Waals surface area contributed by atoms with E-state index in [4.69, 9.17) is 4.65 Å². The third kappa shape index (κ3) is 25.2. The van der Waals surface area contributed by atoms with Crippen LogP contribution in [0.5, 0.6) is 0 Å². The summed E-state index contributed by atoms with van der Waals surface area (Å²) in [7, 11) is 5.28. The molecule has 0 aliphatic rings. The number of hydrogen-bond acceptors (Lipinski definition) is 1. The van der Waals surface area contributed by atoms with Crippen molar-refractivity contribution >= 4 is 148 Å². The van der Waals surface area contributed by atoms with Crippen LogP contribution in [0.3, 0.4) is 0 Å². The summed E-state index contributed by atoms with van der Waals surface area (Å²) in [5.74, 6) is 0. The maximum absolute atomic E-state index is 5.07. The Hall–Kier alpha value is 1.23. The minimum absolute atomic E-state index is 0.696. The second kappa shape index (κ2) is 25.2. The molecule has 0 amide bonds.